The Morgan fingerprint density at radius 3 is 2.41 bits per heavy atom. The van der Waals surface area contributed by atoms with Crippen LogP contribution in [0.1, 0.15) is 19.1 Å². The zero-order valence-corrected chi connectivity index (χ0v) is 20.7. The molecular formula is C22H36N10O5. The zero-order chi connectivity index (χ0) is 26.2. The summed E-state index contributed by atoms with van der Waals surface area (Å²) in [6, 6.07) is 0. The Kier molecular flexibility index (Phi) is 9.54. The Bertz CT molecular complexity index is 1040. The number of anilines is 1. The van der Waals surface area contributed by atoms with Crippen LogP contribution in [-0.4, -0.2) is 124 Å². The smallest absolute Gasteiger partial charge is 0.252 e. The lowest BCUT2D eigenvalue weighted by Crippen LogP contribution is -2.44. The summed E-state index contributed by atoms with van der Waals surface area (Å²) >= 11 is 0. The van der Waals surface area contributed by atoms with Gasteiger partial charge in [0.05, 0.1) is 6.33 Å². The van der Waals surface area contributed by atoms with Crippen molar-refractivity contribution in [2.24, 2.45) is 0 Å². The molecule has 8 N–H and O–H groups in total. The standard InChI is InChI=1S/C22H36N10O5/c23-19-15-20(29-12-28-19)32(13-30-15)22-17(35)16(34)18(37-22)21(36)27-3-1-2-14(33)31-10-8-25-6-4-24-5-7-26-9-11-31/h12-13,16-18,22,24-26,34-35H,1-11H2,(H,27,36)(H2,23,28,29). The number of nitrogen functional groups attached to an aromatic ring is 1. The number of aliphatic hydroxyl groups excluding tert-OH is 2. The zero-order valence-electron chi connectivity index (χ0n) is 20.7. The molecule has 15 nitrogen and oxygen atoms in total. The summed E-state index contributed by atoms with van der Waals surface area (Å²) in [5.74, 6) is -0.388. The fourth-order valence-electron chi connectivity index (χ4n) is 4.39. The fraction of sp³-hybridized carbons (Fsp3) is 0.682. The number of carbonyl (C=O) groups excluding carboxylic acids is 2. The fourth-order valence-corrected chi connectivity index (χ4v) is 4.39. The highest BCUT2D eigenvalue weighted by Crippen LogP contribution is 2.32. The third-order valence-corrected chi connectivity index (χ3v) is 6.45. The van der Waals surface area contributed by atoms with Gasteiger partial charge in [-0.25, -0.2) is 15.0 Å². The predicted molar refractivity (Wildman–Crippen MR) is 133 cm³/mol. The van der Waals surface area contributed by atoms with E-state index in [0.29, 0.717) is 30.7 Å². The largest absolute Gasteiger partial charge is 0.387 e. The van der Waals surface area contributed by atoms with Crippen LogP contribution >= 0.6 is 0 Å². The van der Waals surface area contributed by atoms with Gasteiger partial charge in [0, 0.05) is 65.3 Å². The Morgan fingerprint density at radius 1 is 1.03 bits per heavy atom. The average Bonchev–Trinajstić information content (AvgIpc) is 3.44. The van der Waals surface area contributed by atoms with Gasteiger partial charge in [0.1, 0.15) is 24.1 Å². The third kappa shape index (κ3) is 6.68. The van der Waals surface area contributed by atoms with E-state index < -0.39 is 30.4 Å². The second-order valence-electron chi connectivity index (χ2n) is 9.04. The Labute approximate surface area is 214 Å². The van der Waals surface area contributed by atoms with Crippen molar-refractivity contribution in [3.05, 3.63) is 12.7 Å². The minimum Gasteiger partial charge on any atom is -0.387 e. The molecule has 37 heavy (non-hydrogen) atoms. The van der Waals surface area contributed by atoms with Gasteiger partial charge in [0.15, 0.2) is 23.8 Å². The number of carbonyl (C=O) groups is 2. The van der Waals surface area contributed by atoms with E-state index in [1.807, 2.05) is 4.90 Å². The maximum Gasteiger partial charge on any atom is 0.252 e. The molecule has 0 aromatic carbocycles. The summed E-state index contributed by atoms with van der Waals surface area (Å²) in [5, 5.41) is 33.7. The number of amides is 2. The van der Waals surface area contributed by atoms with Crippen LogP contribution in [0.5, 0.6) is 0 Å². The molecule has 0 saturated carbocycles. The van der Waals surface area contributed by atoms with Gasteiger partial charge < -0.3 is 46.9 Å². The molecule has 15 heteroatoms. The number of nitrogens with one attached hydrogen (secondary N) is 4. The summed E-state index contributed by atoms with van der Waals surface area (Å²) < 4.78 is 7.10. The van der Waals surface area contributed by atoms with Gasteiger partial charge in [-0.05, 0) is 6.42 Å². The summed E-state index contributed by atoms with van der Waals surface area (Å²) in [7, 11) is 0. The number of hydrogen-bond donors (Lipinski definition) is 7. The van der Waals surface area contributed by atoms with Crippen molar-refractivity contribution in [1.82, 2.24) is 45.7 Å². The van der Waals surface area contributed by atoms with Crippen LogP contribution in [0.3, 0.4) is 0 Å². The van der Waals surface area contributed by atoms with E-state index in [0.717, 1.165) is 39.3 Å². The van der Waals surface area contributed by atoms with Gasteiger partial charge in [0.25, 0.3) is 5.91 Å². The van der Waals surface area contributed by atoms with Gasteiger partial charge in [0.2, 0.25) is 5.91 Å². The third-order valence-electron chi connectivity index (χ3n) is 6.45. The average molecular weight is 521 g/mol. The van der Waals surface area contributed by atoms with E-state index in [4.69, 9.17) is 10.5 Å². The van der Waals surface area contributed by atoms with E-state index in [1.165, 1.54) is 17.2 Å². The first kappa shape index (κ1) is 27.1. The molecule has 4 rings (SSSR count). The van der Waals surface area contributed by atoms with Crippen LogP contribution in [0.2, 0.25) is 0 Å². The molecule has 4 atom stereocenters. The summed E-state index contributed by atoms with van der Waals surface area (Å²) in [6.45, 7) is 6.36. The second-order valence-corrected chi connectivity index (χ2v) is 9.04. The quantitative estimate of drug-likeness (QED) is 0.186. The van der Waals surface area contributed by atoms with Crippen LogP contribution in [-0.2, 0) is 14.3 Å². The monoisotopic (exact) mass is 520 g/mol. The van der Waals surface area contributed by atoms with Gasteiger partial charge in [-0.3, -0.25) is 14.2 Å². The predicted octanol–water partition coefficient (Wildman–Crippen LogP) is -3.46. The molecule has 2 aromatic heterocycles. The van der Waals surface area contributed by atoms with Gasteiger partial charge in [-0.15, -0.1) is 0 Å². The minimum atomic E-state index is -1.46. The number of nitrogens with two attached hydrogens (primary N) is 1. The van der Waals surface area contributed by atoms with Crippen molar-refractivity contribution in [3.8, 4) is 0 Å². The first-order valence-corrected chi connectivity index (χ1v) is 12.6. The number of ether oxygens (including phenoxy) is 1. The van der Waals surface area contributed by atoms with Crippen LogP contribution in [0.25, 0.3) is 11.2 Å². The lowest BCUT2D eigenvalue weighted by molar-refractivity contribution is -0.138. The first-order chi connectivity index (χ1) is 18.0. The normalized spacial score (nSPS) is 25.9. The van der Waals surface area contributed by atoms with Crippen molar-refractivity contribution >= 4 is 28.8 Å². The molecular weight excluding hydrogens is 484 g/mol. The van der Waals surface area contributed by atoms with E-state index in [1.54, 1.807) is 0 Å². The van der Waals surface area contributed by atoms with Crippen LogP contribution in [0, 0.1) is 0 Å². The highest BCUT2D eigenvalue weighted by Gasteiger charge is 2.47. The number of imidazole rings is 1. The molecule has 0 bridgehead atoms. The van der Waals surface area contributed by atoms with Crippen molar-refractivity contribution in [3.63, 3.8) is 0 Å². The number of hydrogen-bond acceptors (Lipinski definition) is 12. The number of aromatic nitrogens is 4. The topological polar surface area (TPSA) is 205 Å². The SMILES string of the molecule is Nc1ncnc2c1ncn2C1OC(C(=O)NCCCC(=O)N2CCNCCNCCNCC2)C(O)C1O. The molecule has 2 saturated heterocycles. The number of rotatable bonds is 6. The molecule has 2 aliphatic heterocycles. The Hall–Kier alpha value is -2.95. The number of fused-ring (bicyclic) bond motifs is 1. The number of nitrogens with zero attached hydrogens (tertiary/aromatic N) is 5. The van der Waals surface area contributed by atoms with E-state index in [-0.39, 0.29) is 24.7 Å². The molecule has 0 spiro atoms. The van der Waals surface area contributed by atoms with E-state index in [9.17, 15) is 19.8 Å². The molecule has 0 aliphatic carbocycles. The lowest BCUT2D eigenvalue weighted by atomic mass is 10.1. The Morgan fingerprint density at radius 2 is 1.70 bits per heavy atom. The van der Waals surface area contributed by atoms with Crippen molar-refractivity contribution in [2.45, 2.75) is 37.4 Å². The highest BCUT2D eigenvalue weighted by atomic mass is 16.6. The minimum absolute atomic E-state index is 0.0221. The maximum absolute atomic E-state index is 12.7. The summed E-state index contributed by atoms with van der Waals surface area (Å²) in [5.41, 5.74) is 6.44. The number of aliphatic hydroxyl groups is 2. The van der Waals surface area contributed by atoms with Crippen LogP contribution in [0.15, 0.2) is 12.7 Å². The molecule has 2 fully saturated rings. The van der Waals surface area contributed by atoms with E-state index in [2.05, 4.69) is 36.2 Å². The molecule has 204 valence electrons. The lowest BCUT2D eigenvalue weighted by Gasteiger charge is -2.24. The first-order valence-electron chi connectivity index (χ1n) is 12.6. The molecule has 0 radical (unpaired) electrons. The maximum atomic E-state index is 12.7. The van der Waals surface area contributed by atoms with Crippen LogP contribution in [0.4, 0.5) is 5.82 Å². The summed E-state index contributed by atoms with van der Waals surface area (Å²) in [4.78, 5) is 39.4. The molecule has 4 unspecified atom stereocenters. The molecule has 2 aliphatic rings. The second kappa shape index (κ2) is 13.0. The molecule has 2 aromatic rings. The van der Waals surface area contributed by atoms with Gasteiger partial charge >= 0.3 is 0 Å². The van der Waals surface area contributed by atoms with Gasteiger partial charge in [-0.2, -0.15) is 0 Å². The molecule has 4 heterocycles. The Balaban J connectivity index is 1.25. The van der Waals surface area contributed by atoms with Crippen LogP contribution < -0.4 is 27.0 Å². The van der Waals surface area contributed by atoms with Crippen molar-refractivity contribution in [1.29, 1.82) is 0 Å². The van der Waals surface area contributed by atoms with Crippen molar-refractivity contribution in [2.75, 3.05) is 64.6 Å². The van der Waals surface area contributed by atoms with Crippen molar-refractivity contribution < 1.29 is 24.5 Å². The van der Waals surface area contributed by atoms with E-state index >= 15 is 0 Å². The summed E-state index contributed by atoms with van der Waals surface area (Å²) in [6.07, 6.45) is -1.90. The van der Waals surface area contributed by atoms with Gasteiger partial charge in [-0.1, -0.05) is 0 Å². The highest BCUT2D eigenvalue weighted by molar-refractivity contribution is 5.83. The molecule has 2 amide bonds.